The molecular formula is C20H17N3O4S. The normalized spacial score (nSPS) is 13.9. The molecule has 0 unspecified atom stereocenters. The van der Waals surface area contributed by atoms with Crippen molar-refractivity contribution in [2.24, 2.45) is 0 Å². The van der Waals surface area contributed by atoms with Crippen LogP contribution < -0.4 is 10.2 Å². The summed E-state index contributed by atoms with van der Waals surface area (Å²) in [6.07, 6.45) is -1.08. The maximum absolute atomic E-state index is 12.3. The zero-order valence-corrected chi connectivity index (χ0v) is 15.9. The lowest BCUT2D eigenvalue weighted by atomic mass is 10.2. The third-order valence-electron chi connectivity index (χ3n) is 4.08. The van der Waals surface area contributed by atoms with Gasteiger partial charge in [0.25, 0.3) is 5.91 Å². The van der Waals surface area contributed by atoms with Gasteiger partial charge in [0.15, 0.2) is 6.10 Å². The Kier molecular flexibility index (Phi) is 5.96. The number of amides is 2. The number of nitrogens with one attached hydrogen (secondary N) is 1. The molecule has 1 atom stereocenters. The van der Waals surface area contributed by atoms with E-state index in [4.69, 9.17) is 10.00 Å². The van der Waals surface area contributed by atoms with Crippen LogP contribution in [0, 0.1) is 11.3 Å². The Labute approximate surface area is 166 Å². The van der Waals surface area contributed by atoms with E-state index in [0.29, 0.717) is 16.9 Å². The Morgan fingerprint density at radius 1 is 1.25 bits per heavy atom. The fraction of sp³-hybridized carbons (Fsp3) is 0.200. The number of hydrogen-bond acceptors (Lipinski definition) is 6. The Hall–Kier alpha value is -3.31. The van der Waals surface area contributed by atoms with Gasteiger partial charge in [-0.2, -0.15) is 5.26 Å². The van der Waals surface area contributed by atoms with Gasteiger partial charge in [0.2, 0.25) is 5.91 Å². The third kappa shape index (κ3) is 4.32. The topological polar surface area (TPSA) is 99.5 Å². The number of esters is 1. The number of carbonyl (C=O) groups is 3. The summed E-state index contributed by atoms with van der Waals surface area (Å²) in [5.41, 5.74) is 1.30. The van der Waals surface area contributed by atoms with Crippen molar-refractivity contribution in [1.82, 2.24) is 0 Å². The van der Waals surface area contributed by atoms with E-state index in [-0.39, 0.29) is 18.2 Å². The van der Waals surface area contributed by atoms with E-state index in [2.05, 4.69) is 5.32 Å². The average molecular weight is 395 g/mol. The molecule has 0 fully saturated rings. The maximum Gasteiger partial charge on any atom is 0.326 e. The van der Waals surface area contributed by atoms with E-state index in [0.717, 1.165) is 4.90 Å². The van der Waals surface area contributed by atoms with Crippen LogP contribution in [0.3, 0.4) is 0 Å². The number of thioether (sulfide) groups is 1. The lowest BCUT2D eigenvalue weighted by molar-refractivity contribution is -0.152. The smallest absolute Gasteiger partial charge is 0.326 e. The van der Waals surface area contributed by atoms with Crippen LogP contribution in [-0.4, -0.2) is 36.2 Å². The van der Waals surface area contributed by atoms with Crippen molar-refractivity contribution >= 4 is 40.9 Å². The van der Waals surface area contributed by atoms with Gasteiger partial charge in [-0.15, -0.1) is 11.8 Å². The number of fused-ring (bicyclic) bond motifs is 1. The second-order valence-corrected chi connectivity index (χ2v) is 7.03. The second kappa shape index (κ2) is 8.59. The van der Waals surface area contributed by atoms with Gasteiger partial charge in [0, 0.05) is 4.90 Å². The molecule has 0 radical (unpaired) electrons. The Morgan fingerprint density at radius 2 is 1.96 bits per heavy atom. The fourth-order valence-electron chi connectivity index (χ4n) is 2.67. The van der Waals surface area contributed by atoms with Crippen molar-refractivity contribution in [3.05, 3.63) is 54.1 Å². The summed E-state index contributed by atoms with van der Waals surface area (Å²) in [6, 6.07) is 15.8. The highest BCUT2D eigenvalue weighted by Crippen LogP contribution is 2.34. The average Bonchev–Trinajstić information content (AvgIpc) is 2.70. The highest BCUT2D eigenvalue weighted by molar-refractivity contribution is 8.00. The van der Waals surface area contributed by atoms with Gasteiger partial charge in [-0.3, -0.25) is 19.3 Å². The molecule has 2 amide bonds. The van der Waals surface area contributed by atoms with Crippen molar-refractivity contribution in [2.75, 3.05) is 22.5 Å². The zero-order chi connectivity index (χ0) is 20.1. The van der Waals surface area contributed by atoms with Crippen molar-refractivity contribution in [1.29, 1.82) is 5.26 Å². The predicted octanol–water partition coefficient (Wildman–Crippen LogP) is 2.57. The van der Waals surface area contributed by atoms with Crippen molar-refractivity contribution in [3.63, 3.8) is 0 Å². The van der Waals surface area contributed by atoms with E-state index in [1.807, 2.05) is 18.2 Å². The molecule has 3 rings (SSSR count). The van der Waals surface area contributed by atoms with Crippen LogP contribution in [0.15, 0.2) is 53.4 Å². The van der Waals surface area contributed by atoms with E-state index < -0.39 is 18.0 Å². The van der Waals surface area contributed by atoms with E-state index in [9.17, 15) is 14.4 Å². The van der Waals surface area contributed by atoms with Gasteiger partial charge in [-0.05, 0) is 31.2 Å². The molecule has 0 bridgehead atoms. The lowest BCUT2D eigenvalue weighted by Crippen LogP contribution is -2.41. The van der Waals surface area contributed by atoms with Crippen molar-refractivity contribution < 1.29 is 19.1 Å². The first-order valence-electron chi connectivity index (χ1n) is 8.51. The van der Waals surface area contributed by atoms with E-state index in [1.165, 1.54) is 23.6 Å². The monoisotopic (exact) mass is 395 g/mol. The first-order chi connectivity index (χ1) is 13.5. The van der Waals surface area contributed by atoms with Crippen LogP contribution in [-0.2, 0) is 19.1 Å². The highest BCUT2D eigenvalue weighted by Gasteiger charge is 2.28. The molecule has 0 aromatic heterocycles. The summed E-state index contributed by atoms with van der Waals surface area (Å²) in [7, 11) is 0. The molecule has 0 saturated carbocycles. The Morgan fingerprint density at radius 3 is 2.75 bits per heavy atom. The van der Waals surface area contributed by atoms with Crippen LogP contribution in [0.25, 0.3) is 0 Å². The molecule has 7 nitrogen and oxygen atoms in total. The fourth-order valence-corrected chi connectivity index (χ4v) is 3.60. The molecule has 2 aromatic carbocycles. The number of anilines is 2. The minimum absolute atomic E-state index is 0.194. The number of carbonyl (C=O) groups excluding carboxylic acids is 3. The molecule has 0 spiro atoms. The molecule has 142 valence electrons. The number of para-hydroxylation sites is 2. The quantitative estimate of drug-likeness (QED) is 0.781. The van der Waals surface area contributed by atoms with Crippen LogP contribution in [0.1, 0.15) is 12.5 Å². The van der Waals surface area contributed by atoms with Gasteiger partial charge < -0.3 is 10.1 Å². The lowest BCUT2D eigenvalue weighted by Gasteiger charge is -2.28. The number of rotatable bonds is 5. The first-order valence-corrected chi connectivity index (χ1v) is 9.50. The molecule has 28 heavy (non-hydrogen) atoms. The molecule has 1 N–H and O–H groups in total. The highest BCUT2D eigenvalue weighted by atomic mass is 32.2. The number of benzene rings is 2. The summed E-state index contributed by atoms with van der Waals surface area (Å²) in [5, 5.41) is 11.6. The minimum atomic E-state index is -1.08. The van der Waals surface area contributed by atoms with Crippen LogP contribution in [0.2, 0.25) is 0 Å². The minimum Gasteiger partial charge on any atom is -0.451 e. The molecule has 1 aliphatic heterocycles. The number of nitrogens with zero attached hydrogens (tertiary/aromatic N) is 2. The predicted molar refractivity (Wildman–Crippen MR) is 105 cm³/mol. The third-order valence-corrected chi connectivity index (χ3v) is 5.13. The number of ether oxygens (including phenoxy) is 1. The summed E-state index contributed by atoms with van der Waals surface area (Å²) in [6.45, 7) is 1.16. The zero-order valence-electron chi connectivity index (χ0n) is 15.0. The van der Waals surface area contributed by atoms with Gasteiger partial charge >= 0.3 is 5.97 Å². The molecule has 0 saturated heterocycles. The maximum atomic E-state index is 12.3. The SMILES string of the molecule is C[C@@H](OC(=O)CN1C(=O)CSc2ccccc21)C(=O)Nc1ccccc1C#N. The molecular weight excluding hydrogens is 378 g/mol. The van der Waals surface area contributed by atoms with Crippen molar-refractivity contribution in [2.45, 2.75) is 17.9 Å². The molecule has 1 heterocycles. The molecule has 8 heteroatoms. The second-order valence-electron chi connectivity index (χ2n) is 6.02. The molecule has 2 aromatic rings. The number of nitriles is 1. The van der Waals surface area contributed by atoms with Crippen molar-refractivity contribution in [3.8, 4) is 6.07 Å². The van der Waals surface area contributed by atoms with Crippen LogP contribution in [0.5, 0.6) is 0 Å². The standard InChI is InChI=1S/C20H17N3O4S/c1-13(20(26)22-15-7-3-2-6-14(15)10-21)27-19(25)11-23-16-8-4-5-9-17(16)28-12-18(23)24/h2-9,13H,11-12H2,1H3,(H,22,26)/t13-/m1/s1. The van der Waals surface area contributed by atoms with Crippen LogP contribution >= 0.6 is 11.8 Å². The Bertz CT molecular complexity index is 970. The largest absolute Gasteiger partial charge is 0.451 e. The molecule has 1 aliphatic rings. The summed E-state index contributed by atoms with van der Waals surface area (Å²) in [4.78, 5) is 39.1. The Balaban J connectivity index is 1.62. The summed E-state index contributed by atoms with van der Waals surface area (Å²) < 4.78 is 5.19. The van der Waals surface area contributed by atoms with Gasteiger partial charge in [-0.25, -0.2) is 0 Å². The van der Waals surface area contributed by atoms with E-state index in [1.54, 1.807) is 36.4 Å². The van der Waals surface area contributed by atoms with Crippen LogP contribution in [0.4, 0.5) is 11.4 Å². The number of hydrogen-bond donors (Lipinski definition) is 1. The van der Waals surface area contributed by atoms with Gasteiger partial charge in [0.1, 0.15) is 12.6 Å². The molecule has 0 aliphatic carbocycles. The van der Waals surface area contributed by atoms with Gasteiger partial charge in [-0.1, -0.05) is 24.3 Å². The summed E-state index contributed by atoms with van der Waals surface area (Å²) in [5.74, 6) is -1.20. The van der Waals surface area contributed by atoms with E-state index >= 15 is 0 Å². The first kappa shape index (κ1) is 19.5. The summed E-state index contributed by atoms with van der Waals surface area (Å²) >= 11 is 1.42. The van der Waals surface area contributed by atoms with Gasteiger partial charge in [0.05, 0.1) is 22.7 Å².